The Balaban J connectivity index is 1.82. The summed E-state index contributed by atoms with van der Waals surface area (Å²) in [5.74, 6) is 0.0120. The summed E-state index contributed by atoms with van der Waals surface area (Å²) in [4.78, 5) is 12.6. The van der Waals surface area contributed by atoms with Gasteiger partial charge in [-0.15, -0.1) is 0 Å². The average molecular weight is 334 g/mol. The van der Waals surface area contributed by atoms with Gasteiger partial charge in [-0.2, -0.15) is 0 Å². The smallest absolute Gasteiger partial charge is 0.204 e. The van der Waals surface area contributed by atoms with Crippen LogP contribution in [0, 0.1) is 0 Å². The normalized spacial score (nSPS) is 11.0. The van der Waals surface area contributed by atoms with E-state index in [-0.39, 0.29) is 33.4 Å². The summed E-state index contributed by atoms with van der Waals surface area (Å²) < 4.78 is 11.3. The van der Waals surface area contributed by atoms with Gasteiger partial charge < -0.3 is 19.4 Å². The number of phenolic OH excluding ortho intramolecular Hbond substituents is 2. The molecule has 4 aromatic rings. The number of fused-ring (bicyclic) bond motifs is 2. The van der Waals surface area contributed by atoms with Crippen molar-refractivity contribution in [1.82, 2.24) is 0 Å². The predicted octanol–water partition coefficient (Wildman–Crippen LogP) is 3.94. The second-order valence-electron chi connectivity index (χ2n) is 5.67. The van der Waals surface area contributed by atoms with Crippen LogP contribution in [0.15, 0.2) is 69.9 Å². The van der Waals surface area contributed by atoms with Gasteiger partial charge in [-0.1, -0.05) is 36.4 Å². The van der Waals surface area contributed by atoms with E-state index in [9.17, 15) is 15.0 Å². The maximum Gasteiger partial charge on any atom is 0.204 e. The molecule has 3 aromatic carbocycles. The Bertz CT molecular complexity index is 1130. The molecule has 0 amide bonds. The van der Waals surface area contributed by atoms with Crippen LogP contribution in [0.1, 0.15) is 5.56 Å². The minimum absolute atomic E-state index is 0.0603. The quantitative estimate of drug-likeness (QED) is 0.555. The summed E-state index contributed by atoms with van der Waals surface area (Å²) in [6.07, 6.45) is 0. The van der Waals surface area contributed by atoms with E-state index in [1.54, 1.807) is 12.1 Å². The topological polar surface area (TPSA) is 79.9 Å². The van der Waals surface area contributed by atoms with E-state index in [2.05, 4.69) is 0 Å². The highest BCUT2D eigenvalue weighted by atomic mass is 16.5. The first-order valence-electron chi connectivity index (χ1n) is 7.72. The molecule has 0 atom stereocenters. The standard InChI is InChI=1S/C20H14O5/c21-15-8-4-7-14-19(23)18-16(22)9-13(10-17(18)25-20(14)15)24-11-12-5-2-1-3-6-12/h1-10,21-22H,11H2. The van der Waals surface area contributed by atoms with Crippen molar-refractivity contribution in [2.75, 3.05) is 0 Å². The van der Waals surface area contributed by atoms with Gasteiger partial charge in [-0.25, -0.2) is 0 Å². The summed E-state index contributed by atoms with van der Waals surface area (Å²) in [6, 6.07) is 17.0. The Labute approximate surface area is 142 Å². The molecule has 0 aliphatic rings. The van der Waals surface area contributed by atoms with E-state index in [1.807, 2.05) is 30.3 Å². The summed E-state index contributed by atoms with van der Waals surface area (Å²) in [5, 5.41) is 20.4. The molecule has 2 N–H and O–H groups in total. The summed E-state index contributed by atoms with van der Waals surface area (Å²) >= 11 is 0. The van der Waals surface area contributed by atoms with Gasteiger partial charge in [0.15, 0.2) is 11.3 Å². The lowest BCUT2D eigenvalue weighted by Gasteiger charge is -2.09. The first kappa shape index (κ1) is 15.1. The zero-order chi connectivity index (χ0) is 17.4. The Morgan fingerprint density at radius 3 is 2.52 bits per heavy atom. The van der Waals surface area contributed by atoms with E-state index in [1.165, 1.54) is 18.2 Å². The van der Waals surface area contributed by atoms with Gasteiger partial charge in [-0.3, -0.25) is 4.79 Å². The van der Waals surface area contributed by atoms with E-state index in [0.29, 0.717) is 12.4 Å². The van der Waals surface area contributed by atoms with Crippen molar-refractivity contribution in [3.05, 3.63) is 76.5 Å². The number of aromatic hydroxyl groups is 2. The molecule has 0 aliphatic carbocycles. The molecule has 25 heavy (non-hydrogen) atoms. The molecule has 0 fully saturated rings. The second-order valence-corrected chi connectivity index (χ2v) is 5.67. The third-order valence-electron chi connectivity index (χ3n) is 3.98. The number of phenols is 2. The highest BCUT2D eigenvalue weighted by molar-refractivity contribution is 5.95. The molecule has 1 heterocycles. The van der Waals surface area contributed by atoms with Crippen LogP contribution in [0.25, 0.3) is 21.9 Å². The Kier molecular flexibility index (Phi) is 3.54. The van der Waals surface area contributed by atoms with E-state index >= 15 is 0 Å². The molecule has 0 radical (unpaired) electrons. The van der Waals surface area contributed by atoms with Crippen molar-refractivity contribution in [2.24, 2.45) is 0 Å². The fourth-order valence-corrected chi connectivity index (χ4v) is 2.76. The summed E-state index contributed by atoms with van der Waals surface area (Å²) in [5.41, 5.74) is 0.806. The molecule has 0 unspecified atom stereocenters. The molecule has 0 saturated carbocycles. The maximum absolute atomic E-state index is 12.6. The third-order valence-corrected chi connectivity index (χ3v) is 3.98. The van der Waals surface area contributed by atoms with Gasteiger partial charge in [0.2, 0.25) is 5.43 Å². The largest absolute Gasteiger partial charge is 0.507 e. The van der Waals surface area contributed by atoms with Crippen LogP contribution >= 0.6 is 0 Å². The zero-order valence-corrected chi connectivity index (χ0v) is 13.1. The molecule has 5 nitrogen and oxygen atoms in total. The molecule has 0 bridgehead atoms. The lowest BCUT2D eigenvalue weighted by atomic mass is 10.1. The van der Waals surface area contributed by atoms with Gasteiger partial charge in [0.1, 0.15) is 29.1 Å². The molecule has 124 valence electrons. The van der Waals surface area contributed by atoms with Crippen LogP contribution in [-0.4, -0.2) is 10.2 Å². The van der Waals surface area contributed by atoms with Gasteiger partial charge in [0.05, 0.1) is 5.39 Å². The van der Waals surface area contributed by atoms with Gasteiger partial charge in [0, 0.05) is 12.1 Å². The minimum Gasteiger partial charge on any atom is -0.507 e. The number of hydrogen-bond acceptors (Lipinski definition) is 5. The molecule has 0 aliphatic heterocycles. The van der Waals surface area contributed by atoms with Crippen molar-refractivity contribution >= 4 is 21.9 Å². The third kappa shape index (κ3) is 2.65. The SMILES string of the molecule is O=c1c2cccc(O)c2oc2cc(OCc3ccccc3)cc(O)c12. The van der Waals surface area contributed by atoms with Crippen LogP contribution in [0.4, 0.5) is 0 Å². The average Bonchev–Trinajstić information content (AvgIpc) is 2.62. The fraction of sp³-hybridized carbons (Fsp3) is 0.0500. The minimum atomic E-state index is -0.403. The number of benzene rings is 3. The van der Waals surface area contributed by atoms with E-state index in [0.717, 1.165) is 5.56 Å². The van der Waals surface area contributed by atoms with Crippen molar-refractivity contribution < 1.29 is 19.4 Å². The van der Waals surface area contributed by atoms with Crippen molar-refractivity contribution in [2.45, 2.75) is 6.61 Å². The van der Waals surface area contributed by atoms with Crippen LogP contribution < -0.4 is 10.2 Å². The highest BCUT2D eigenvalue weighted by Crippen LogP contribution is 2.33. The van der Waals surface area contributed by atoms with Crippen molar-refractivity contribution in [3.63, 3.8) is 0 Å². The molecular weight excluding hydrogens is 320 g/mol. The Morgan fingerprint density at radius 1 is 0.920 bits per heavy atom. The first-order valence-corrected chi connectivity index (χ1v) is 7.72. The van der Waals surface area contributed by atoms with Crippen molar-refractivity contribution in [1.29, 1.82) is 0 Å². The zero-order valence-electron chi connectivity index (χ0n) is 13.1. The van der Waals surface area contributed by atoms with Crippen molar-refractivity contribution in [3.8, 4) is 17.2 Å². The Hall–Kier alpha value is -3.47. The molecule has 1 aromatic heterocycles. The number of para-hydroxylation sites is 1. The maximum atomic E-state index is 12.6. The number of ether oxygens (including phenoxy) is 1. The first-order chi connectivity index (χ1) is 12.1. The predicted molar refractivity (Wildman–Crippen MR) is 94.1 cm³/mol. The summed E-state index contributed by atoms with van der Waals surface area (Å²) in [6.45, 7) is 0.314. The molecule has 0 saturated heterocycles. The summed E-state index contributed by atoms with van der Waals surface area (Å²) in [7, 11) is 0. The van der Waals surface area contributed by atoms with Gasteiger partial charge >= 0.3 is 0 Å². The van der Waals surface area contributed by atoms with Crippen LogP contribution in [0.2, 0.25) is 0 Å². The van der Waals surface area contributed by atoms with E-state index < -0.39 is 5.43 Å². The van der Waals surface area contributed by atoms with Gasteiger partial charge in [0.25, 0.3) is 0 Å². The Morgan fingerprint density at radius 2 is 1.72 bits per heavy atom. The lowest BCUT2D eigenvalue weighted by molar-refractivity contribution is 0.304. The highest BCUT2D eigenvalue weighted by Gasteiger charge is 2.15. The fourth-order valence-electron chi connectivity index (χ4n) is 2.76. The number of hydrogen-bond donors (Lipinski definition) is 2. The number of rotatable bonds is 3. The molecular formula is C20H14O5. The van der Waals surface area contributed by atoms with E-state index in [4.69, 9.17) is 9.15 Å². The second kappa shape index (κ2) is 5.87. The monoisotopic (exact) mass is 334 g/mol. The molecule has 0 spiro atoms. The van der Waals surface area contributed by atoms with Gasteiger partial charge in [-0.05, 0) is 17.7 Å². The molecule has 4 rings (SSSR count). The lowest BCUT2D eigenvalue weighted by Crippen LogP contribution is -2.03. The molecule has 5 heteroatoms. The van der Waals surface area contributed by atoms with Crippen LogP contribution in [0.3, 0.4) is 0 Å². The van der Waals surface area contributed by atoms with Crippen LogP contribution in [-0.2, 0) is 6.61 Å². The van der Waals surface area contributed by atoms with Crippen LogP contribution in [0.5, 0.6) is 17.2 Å².